The van der Waals surface area contributed by atoms with Crippen LogP contribution in [0.25, 0.3) is 0 Å². The van der Waals surface area contributed by atoms with E-state index in [1.54, 1.807) is 57.2 Å². The largest absolute Gasteiger partial charge is 0.498 e. The standard InChI is InChI=1S/C52H63BFIN2O12/c1-33(26-42(58)45(57(9)49(62)66-32-35-20-15-12-16-21-35)37-23-24-43(40(55)30-37)64-25-17-22-44(59)67-50(2,3)4)47(60)56-41(48(61)63-10)29-36-27-38(53-68-51(5,6)52(7,8)69-53)46(39(54)28-36)65-31-34-18-13-11-14-19-34/h11-16,18-21,23-24,27-28,30,33,41,45H,17,22,25-26,29,31-32H2,1-10H3,(H,56,60)/t33-,41+,45+/m1/s1. The van der Waals surface area contributed by atoms with E-state index in [0.29, 0.717) is 26.9 Å². The minimum atomic E-state index is -1.30. The molecule has 4 aromatic rings. The molecule has 5 rings (SSSR count). The maximum Gasteiger partial charge on any atom is 0.498 e. The Morgan fingerprint density at radius 3 is 2.03 bits per heavy atom. The van der Waals surface area contributed by atoms with Gasteiger partial charge in [-0.25, -0.2) is 14.0 Å². The fourth-order valence-corrected chi connectivity index (χ4v) is 8.05. The SMILES string of the molecule is COC(=O)[C@H](Cc1cc(F)c(OCc2ccccc2)c(B2OC(C)(C)C(C)(C)O2)c1)NC(=O)[C@H](C)CC(=O)[C@H](c1ccc(OCCCC(=O)OC(C)(C)C)c(I)c1)N(C)C(=O)OCc1ccccc1. The van der Waals surface area contributed by atoms with E-state index in [1.807, 2.05) is 76.2 Å². The van der Waals surface area contributed by atoms with Crippen LogP contribution < -0.4 is 20.3 Å². The molecule has 1 saturated heterocycles. The van der Waals surface area contributed by atoms with Crippen LogP contribution in [0.3, 0.4) is 0 Å². The first-order chi connectivity index (χ1) is 32.5. The van der Waals surface area contributed by atoms with Crippen LogP contribution in [-0.2, 0) is 62.3 Å². The number of carbonyl (C=O) groups is 5. The van der Waals surface area contributed by atoms with Crippen LogP contribution in [0.1, 0.15) is 103 Å². The molecule has 1 N–H and O–H groups in total. The monoisotopic (exact) mass is 1060 g/mol. The van der Waals surface area contributed by atoms with E-state index in [0.717, 1.165) is 11.1 Å². The number of halogens is 2. The van der Waals surface area contributed by atoms with Crippen molar-refractivity contribution >= 4 is 64.9 Å². The smallest absolute Gasteiger partial charge is 0.492 e. The van der Waals surface area contributed by atoms with Crippen molar-refractivity contribution in [1.29, 1.82) is 0 Å². The third kappa shape index (κ3) is 15.2. The third-order valence-electron chi connectivity index (χ3n) is 11.7. The second kappa shape index (κ2) is 23.9. The molecule has 1 heterocycles. The Labute approximate surface area is 418 Å². The van der Waals surface area contributed by atoms with Gasteiger partial charge >= 0.3 is 25.2 Å². The Kier molecular flexibility index (Phi) is 18.8. The number of carbonyl (C=O) groups excluding carboxylic acids is 5. The average molecular weight is 1060 g/mol. The first kappa shape index (κ1) is 54.4. The Balaban J connectivity index is 1.34. The van der Waals surface area contributed by atoms with Gasteiger partial charge in [-0.2, -0.15) is 0 Å². The highest BCUT2D eigenvalue weighted by Gasteiger charge is 2.53. The molecule has 0 unspecified atom stereocenters. The Bertz CT molecular complexity index is 2420. The summed E-state index contributed by atoms with van der Waals surface area (Å²) in [7, 11) is 1.58. The fraction of sp³-hybridized carbons (Fsp3) is 0.442. The normalized spacial score (nSPS) is 15.3. The zero-order chi connectivity index (χ0) is 50.7. The molecule has 14 nitrogen and oxygen atoms in total. The van der Waals surface area contributed by atoms with Crippen molar-refractivity contribution in [3.8, 4) is 11.5 Å². The summed E-state index contributed by atoms with van der Waals surface area (Å²) in [6, 6.07) is 23.7. The molecule has 1 fully saturated rings. The number of likely N-dealkylation sites (N-methyl/N-ethyl adjacent to an activating group) is 1. The van der Waals surface area contributed by atoms with Crippen LogP contribution >= 0.6 is 22.6 Å². The van der Waals surface area contributed by atoms with Gasteiger partial charge in [0.1, 0.15) is 36.6 Å². The summed E-state index contributed by atoms with van der Waals surface area (Å²) in [6.07, 6.45) is -0.746. The molecule has 370 valence electrons. The van der Waals surface area contributed by atoms with E-state index in [4.69, 9.17) is 33.0 Å². The molecule has 1 aliphatic heterocycles. The van der Waals surface area contributed by atoms with Gasteiger partial charge in [0.2, 0.25) is 5.91 Å². The van der Waals surface area contributed by atoms with Crippen molar-refractivity contribution in [2.45, 2.75) is 123 Å². The summed E-state index contributed by atoms with van der Waals surface area (Å²) in [5, 5.41) is 2.71. The highest BCUT2D eigenvalue weighted by Crippen LogP contribution is 2.38. The molecule has 1 aliphatic rings. The lowest BCUT2D eigenvalue weighted by atomic mass is 9.77. The van der Waals surface area contributed by atoms with E-state index in [2.05, 4.69) is 27.9 Å². The number of ether oxygens (including phenoxy) is 5. The lowest BCUT2D eigenvalue weighted by Gasteiger charge is -2.32. The molecule has 17 heteroatoms. The number of rotatable bonds is 21. The quantitative estimate of drug-likeness (QED) is 0.0278. The first-order valence-electron chi connectivity index (χ1n) is 22.8. The van der Waals surface area contributed by atoms with Gasteiger partial charge in [0, 0.05) is 37.7 Å². The van der Waals surface area contributed by atoms with Crippen molar-refractivity contribution in [2.24, 2.45) is 5.92 Å². The van der Waals surface area contributed by atoms with Crippen molar-refractivity contribution in [3.05, 3.63) is 123 Å². The second-order valence-corrected chi connectivity index (χ2v) is 20.2. The van der Waals surface area contributed by atoms with Gasteiger partial charge in [-0.3, -0.25) is 19.3 Å². The summed E-state index contributed by atoms with van der Waals surface area (Å²) in [5.41, 5.74) is 0.427. The predicted molar refractivity (Wildman–Crippen MR) is 266 cm³/mol. The molecular weight excluding hydrogens is 1000 g/mol. The maximum atomic E-state index is 16.2. The minimum absolute atomic E-state index is 0.0439. The van der Waals surface area contributed by atoms with Crippen LogP contribution in [0.5, 0.6) is 11.5 Å². The van der Waals surface area contributed by atoms with E-state index in [9.17, 15) is 24.0 Å². The Hall–Kier alpha value is -5.53. The molecule has 69 heavy (non-hydrogen) atoms. The molecule has 0 aliphatic carbocycles. The Morgan fingerprint density at radius 1 is 0.841 bits per heavy atom. The van der Waals surface area contributed by atoms with Crippen LogP contribution in [0, 0.1) is 15.3 Å². The number of hydrogen-bond donors (Lipinski definition) is 1. The Morgan fingerprint density at radius 2 is 1.45 bits per heavy atom. The number of ketones is 1. The minimum Gasteiger partial charge on any atom is -0.492 e. The number of esters is 2. The maximum absolute atomic E-state index is 16.2. The van der Waals surface area contributed by atoms with Crippen molar-refractivity contribution < 1.29 is 61.4 Å². The van der Waals surface area contributed by atoms with Gasteiger partial charge in [-0.05, 0) is 118 Å². The van der Waals surface area contributed by atoms with Crippen LogP contribution in [0.2, 0.25) is 0 Å². The molecule has 0 bridgehead atoms. The van der Waals surface area contributed by atoms with Gasteiger partial charge in [-0.1, -0.05) is 79.7 Å². The summed E-state index contributed by atoms with van der Waals surface area (Å²) in [5.74, 6) is -3.61. The van der Waals surface area contributed by atoms with E-state index < -0.39 is 71.5 Å². The first-order valence-corrected chi connectivity index (χ1v) is 23.9. The van der Waals surface area contributed by atoms with Crippen molar-refractivity contribution in [3.63, 3.8) is 0 Å². The lowest BCUT2D eigenvalue weighted by molar-refractivity contribution is -0.155. The molecular formula is C52H63BFIN2O12. The van der Waals surface area contributed by atoms with Gasteiger partial charge in [0.05, 0.1) is 28.5 Å². The average Bonchev–Trinajstić information content (AvgIpc) is 3.51. The highest BCUT2D eigenvalue weighted by atomic mass is 127. The number of hydrogen-bond acceptors (Lipinski definition) is 12. The molecule has 0 aromatic heterocycles. The van der Waals surface area contributed by atoms with E-state index in [1.165, 1.54) is 32.0 Å². The highest BCUT2D eigenvalue weighted by molar-refractivity contribution is 14.1. The van der Waals surface area contributed by atoms with Gasteiger partial charge in [-0.15, -0.1) is 0 Å². The second-order valence-electron chi connectivity index (χ2n) is 19.0. The summed E-state index contributed by atoms with van der Waals surface area (Å²) >= 11 is 2.07. The number of amides is 2. The van der Waals surface area contributed by atoms with Crippen LogP contribution in [0.15, 0.2) is 91.0 Å². The molecule has 0 spiro atoms. The molecule has 4 aromatic carbocycles. The molecule has 0 radical (unpaired) electrons. The van der Waals surface area contributed by atoms with Gasteiger partial charge in [0.25, 0.3) is 0 Å². The summed E-state index contributed by atoms with van der Waals surface area (Å²) in [6.45, 7) is 14.7. The summed E-state index contributed by atoms with van der Waals surface area (Å²) < 4.78 is 57.6. The number of Topliss-reactive ketones (excluding diaryl/α,β-unsaturated/α-hetero) is 1. The predicted octanol–water partition coefficient (Wildman–Crippen LogP) is 8.61. The van der Waals surface area contributed by atoms with Crippen LogP contribution in [-0.4, -0.2) is 85.3 Å². The zero-order valence-electron chi connectivity index (χ0n) is 41.0. The number of nitrogens with one attached hydrogen (secondary N) is 1. The number of methoxy groups -OCH3 is 1. The van der Waals surface area contributed by atoms with Crippen LogP contribution in [0.4, 0.5) is 9.18 Å². The van der Waals surface area contributed by atoms with Crippen molar-refractivity contribution in [1.82, 2.24) is 10.2 Å². The number of nitrogens with zero attached hydrogens (tertiary/aromatic N) is 1. The van der Waals surface area contributed by atoms with Gasteiger partial charge < -0.3 is 38.3 Å². The topological polar surface area (TPSA) is 165 Å². The summed E-state index contributed by atoms with van der Waals surface area (Å²) in [4.78, 5) is 68.6. The fourth-order valence-electron chi connectivity index (χ4n) is 7.36. The molecule has 2 amide bonds. The third-order valence-corrected chi connectivity index (χ3v) is 12.6. The zero-order valence-corrected chi connectivity index (χ0v) is 43.2. The van der Waals surface area contributed by atoms with Crippen molar-refractivity contribution in [2.75, 3.05) is 20.8 Å². The lowest BCUT2D eigenvalue weighted by Crippen LogP contribution is -2.46. The van der Waals surface area contributed by atoms with Gasteiger partial charge in [0.15, 0.2) is 17.3 Å². The molecule has 3 atom stereocenters. The van der Waals surface area contributed by atoms with E-state index >= 15 is 4.39 Å². The number of benzene rings is 4. The molecule has 0 saturated carbocycles. The van der Waals surface area contributed by atoms with E-state index in [-0.39, 0.29) is 56.3 Å².